The lowest BCUT2D eigenvalue weighted by Gasteiger charge is -2.34. The number of hydrogen-bond donors (Lipinski definition) is 1. The van der Waals surface area contributed by atoms with Crippen molar-refractivity contribution in [2.24, 2.45) is 0 Å². The Morgan fingerprint density at radius 3 is 2.21 bits per heavy atom. The Morgan fingerprint density at radius 2 is 1.50 bits per heavy atom. The van der Waals surface area contributed by atoms with Crippen LogP contribution in [0.2, 0.25) is 0 Å². The minimum atomic E-state index is -0.894. The highest BCUT2D eigenvalue weighted by molar-refractivity contribution is 5.88. The number of rotatable bonds is 7. The fourth-order valence-corrected chi connectivity index (χ4v) is 3.31. The first-order valence-electron chi connectivity index (χ1n) is 9.42. The molecule has 1 N–H and O–H groups in total. The third-order valence-electron chi connectivity index (χ3n) is 4.87. The monoisotopic (exact) mass is 384 g/mol. The van der Waals surface area contributed by atoms with Crippen LogP contribution in [0.5, 0.6) is 5.75 Å². The van der Waals surface area contributed by atoms with Crippen molar-refractivity contribution in [3.05, 3.63) is 42.5 Å². The normalized spacial score (nSPS) is 14.1. The van der Waals surface area contributed by atoms with Gasteiger partial charge in [-0.25, -0.2) is 0 Å². The first-order valence-corrected chi connectivity index (χ1v) is 9.42. The van der Waals surface area contributed by atoms with Crippen molar-refractivity contribution in [2.75, 3.05) is 32.8 Å². The number of aliphatic carboxylic acids is 1. The fourth-order valence-electron chi connectivity index (χ4n) is 3.31. The number of hydrogen-bond acceptors (Lipinski definition) is 4. The molecule has 2 amide bonds. The number of carboxylic acids is 1. The second-order valence-corrected chi connectivity index (χ2v) is 6.77. The Kier molecular flexibility index (Phi) is 6.47. The summed E-state index contributed by atoms with van der Waals surface area (Å²) in [6.45, 7) is 1.81. The average Bonchev–Trinajstić information content (AvgIpc) is 2.71. The van der Waals surface area contributed by atoms with Crippen LogP contribution in [0, 0.1) is 0 Å². The van der Waals surface area contributed by atoms with Crippen LogP contribution in [0.3, 0.4) is 0 Å². The molecule has 1 heterocycles. The molecule has 0 atom stereocenters. The number of ether oxygens (including phenoxy) is 1. The maximum absolute atomic E-state index is 12.5. The number of piperazine rings is 1. The zero-order valence-corrected chi connectivity index (χ0v) is 15.7. The van der Waals surface area contributed by atoms with Gasteiger partial charge in [0.05, 0.1) is 0 Å². The zero-order chi connectivity index (χ0) is 19.9. The quantitative estimate of drug-likeness (QED) is 0.790. The van der Waals surface area contributed by atoms with E-state index in [4.69, 9.17) is 9.84 Å². The molecule has 2 aromatic carbocycles. The predicted octanol–water partition coefficient (Wildman–Crippen LogP) is 2.14. The lowest BCUT2D eigenvalue weighted by atomic mass is 10.1. The van der Waals surface area contributed by atoms with Crippen molar-refractivity contribution in [1.82, 2.24) is 9.80 Å². The summed E-state index contributed by atoms with van der Waals surface area (Å²) in [5, 5.41) is 10.7. The summed E-state index contributed by atoms with van der Waals surface area (Å²) in [4.78, 5) is 38.5. The van der Waals surface area contributed by atoms with E-state index in [0.29, 0.717) is 38.3 Å². The molecule has 1 fully saturated rings. The third-order valence-corrected chi connectivity index (χ3v) is 4.87. The maximum Gasteiger partial charge on any atom is 0.303 e. The number of carboxylic acid groups (broad SMARTS) is 1. The second-order valence-electron chi connectivity index (χ2n) is 6.77. The van der Waals surface area contributed by atoms with Crippen LogP contribution in [0.15, 0.2) is 42.5 Å². The largest absolute Gasteiger partial charge is 0.483 e. The summed E-state index contributed by atoms with van der Waals surface area (Å²) < 4.78 is 5.76. The van der Waals surface area contributed by atoms with Gasteiger partial charge in [-0.3, -0.25) is 14.4 Å². The van der Waals surface area contributed by atoms with Gasteiger partial charge >= 0.3 is 5.97 Å². The van der Waals surface area contributed by atoms with Crippen molar-refractivity contribution in [3.8, 4) is 5.75 Å². The van der Waals surface area contributed by atoms with Gasteiger partial charge in [-0.05, 0) is 17.9 Å². The second kappa shape index (κ2) is 9.21. The van der Waals surface area contributed by atoms with Crippen molar-refractivity contribution in [3.63, 3.8) is 0 Å². The van der Waals surface area contributed by atoms with Crippen molar-refractivity contribution >= 4 is 28.6 Å². The van der Waals surface area contributed by atoms with E-state index in [-0.39, 0.29) is 31.3 Å². The summed E-state index contributed by atoms with van der Waals surface area (Å²) in [7, 11) is 0. The van der Waals surface area contributed by atoms with E-state index in [2.05, 4.69) is 0 Å². The first-order chi connectivity index (χ1) is 13.5. The standard InChI is InChI=1S/C21H24N2O5/c24-19(9-4-10-21(26)27)22-11-13-23(14-12-22)20(25)15-28-18-8-3-6-16-5-1-2-7-17(16)18/h1-3,5-8H,4,9-15H2,(H,26,27). The molecule has 1 saturated heterocycles. The summed E-state index contributed by atoms with van der Waals surface area (Å²) in [6.07, 6.45) is 0.562. The molecule has 1 aliphatic heterocycles. The minimum Gasteiger partial charge on any atom is -0.483 e. The number of carbonyl (C=O) groups is 3. The molecule has 28 heavy (non-hydrogen) atoms. The molecular weight excluding hydrogens is 360 g/mol. The molecule has 0 aromatic heterocycles. The van der Waals surface area contributed by atoms with E-state index in [1.165, 1.54) is 0 Å². The SMILES string of the molecule is O=C(O)CCCC(=O)N1CCN(C(=O)COc2cccc3ccccc23)CC1. The summed E-state index contributed by atoms with van der Waals surface area (Å²) in [5.74, 6) is -0.376. The van der Waals surface area contributed by atoms with Gasteiger partial charge in [-0.15, -0.1) is 0 Å². The molecule has 0 bridgehead atoms. The molecule has 1 aliphatic rings. The molecule has 0 aliphatic carbocycles. The smallest absolute Gasteiger partial charge is 0.303 e. The van der Waals surface area contributed by atoms with E-state index in [9.17, 15) is 14.4 Å². The van der Waals surface area contributed by atoms with Crippen LogP contribution in [0.25, 0.3) is 10.8 Å². The van der Waals surface area contributed by atoms with Crippen molar-refractivity contribution in [2.45, 2.75) is 19.3 Å². The minimum absolute atomic E-state index is 0.00427. The van der Waals surface area contributed by atoms with E-state index in [1.54, 1.807) is 9.80 Å². The fraction of sp³-hybridized carbons (Fsp3) is 0.381. The van der Waals surface area contributed by atoms with Gasteiger partial charge in [-0.1, -0.05) is 36.4 Å². The summed E-state index contributed by atoms with van der Waals surface area (Å²) in [5.41, 5.74) is 0. The van der Waals surface area contributed by atoms with Crippen LogP contribution in [0.4, 0.5) is 0 Å². The Bertz CT molecular complexity index is 853. The van der Waals surface area contributed by atoms with Gasteiger partial charge in [0.25, 0.3) is 5.91 Å². The molecule has 3 rings (SSSR count). The Hall–Kier alpha value is -3.09. The molecular formula is C21H24N2O5. The molecule has 148 valence electrons. The number of carbonyl (C=O) groups excluding carboxylic acids is 2. The van der Waals surface area contributed by atoms with Crippen LogP contribution >= 0.6 is 0 Å². The van der Waals surface area contributed by atoms with Gasteiger partial charge in [0.1, 0.15) is 5.75 Å². The lowest BCUT2D eigenvalue weighted by molar-refractivity contribution is -0.141. The number of fused-ring (bicyclic) bond motifs is 1. The van der Waals surface area contributed by atoms with Crippen LogP contribution < -0.4 is 4.74 Å². The molecule has 0 saturated carbocycles. The highest BCUT2D eigenvalue weighted by atomic mass is 16.5. The average molecular weight is 384 g/mol. The van der Waals surface area contributed by atoms with E-state index in [0.717, 1.165) is 10.8 Å². The van der Waals surface area contributed by atoms with Gasteiger partial charge < -0.3 is 19.6 Å². The van der Waals surface area contributed by atoms with E-state index in [1.807, 2.05) is 42.5 Å². The van der Waals surface area contributed by atoms with E-state index >= 15 is 0 Å². The van der Waals surface area contributed by atoms with Gasteiger partial charge in [-0.2, -0.15) is 0 Å². The van der Waals surface area contributed by atoms with Crippen LogP contribution in [-0.2, 0) is 14.4 Å². The van der Waals surface area contributed by atoms with Crippen molar-refractivity contribution in [1.29, 1.82) is 0 Å². The molecule has 7 heteroatoms. The summed E-state index contributed by atoms with van der Waals surface area (Å²) in [6, 6.07) is 13.6. The molecule has 0 radical (unpaired) electrons. The van der Waals surface area contributed by atoms with Crippen LogP contribution in [0.1, 0.15) is 19.3 Å². The number of amides is 2. The highest BCUT2D eigenvalue weighted by Crippen LogP contribution is 2.25. The van der Waals surface area contributed by atoms with Gasteiger partial charge in [0.15, 0.2) is 6.61 Å². The maximum atomic E-state index is 12.5. The van der Waals surface area contributed by atoms with Gasteiger partial charge in [0, 0.05) is 44.4 Å². The summed E-state index contributed by atoms with van der Waals surface area (Å²) >= 11 is 0. The third kappa shape index (κ3) is 5.00. The molecule has 0 spiro atoms. The highest BCUT2D eigenvalue weighted by Gasteiger charge is 2.24. The topological polar surface area (TPSA) is 87.2 Å². The van der Waals surface area contributed by atoms with Crippen LogP contribution in [-0.4, -0.2) is 65.5 Å². The first kappa shape index (κ1) is 19.7. The Labute approximate surface area is 163 Å². The molecule has 0 unspecified atom stereocenters. The van der Waals surface area contributed by atoms with Gasteiger partial charge in [0.2, 0.25) is 5.91 Å². The Balaban J connectivity index is 1.46. The number of nitrogens with zero attached hydrogens (tertiary/aromatic N) is 2. The zero-order valence-electron chi connectivity index (χ0n) is 15.7. The van der Waals surface area contributed by atoms with Crippen molar-refractivity contribution < 1.29 is 24.2 Å². The predicted molar refractivity (Wildman–Crippen MR) is 104 cm³/mol. The Morgan fingerprint density at radius 1 is 0.857 bits per heavy atom. The molecule has 7 nitrogen and oxygen atoms in total. The lowest BCUT2D eigenvalue weighted by Crippen LogP contribution is -2.51. The number of benzene rings is 2. The van der Waals surface area contributed by atoms with E-state index < -0.39 is 5.97 Å². The molecule has 2 aromatic rings.